The van der Waals surface area contributed by atoms with Crippen molar-refractivity contribution < 1.29 is 13.3 Å². The van der Waals surface area contributed by atoms with E-state index in [2.05, 4.69) is 34.6 Å². The number of hydrogen-bond acceptors (Lipinski definition) is 3. The number of fused-ring (bicyclic) bond motifs is 2. The van der Waals surface area contributed by atoms with Crippen LogP contribution in [0.2, 0.25) is 5.54 Å². The zero-order valence-electron chi connectivity index (χ0n) is 13.1. The lowest BCUT2D eigenvalue weighted by atomic mass is 9.81. The third-order valence-corrected chi connectivity index (χ3v) is 9.03. The Balaban J connectivity index is 2.19. The van der Waals surface area contributed by atoms with Crippen LogP contribution in [0.4, 0.5) is 0 Å². The Labute approximate surface area is 119 Å². The maximum atomic E-state index is 6.13. The second kappa shape index (κ2) is 6.25. The first-order valence-corrected chi connectivity index (χ1v) is 9.81. The predicted octanol–water partition coefficient (Wildman–Crippen LogP) is 3.72. The van der Waals surface area contributed by atoms with Crippen LogP contribution in [-0.2, 0) is 13.3 Å². The Morgan fingerprint density at radius 3 is 1.74 bits per heavy atom. The molecule has 112 valence electrons. The van der Waals surface area contributed by atoms with Crippen molar-refractivity contribution in [2.75, 3.05) is 19.8 Å². The summed E-state index contributed by atoms with van der Waals surface area (Å²) < 4.78 is 18.4. The van der Waals surface area contributed by atoms with Crippen LogP contribution in [0.15, 0.2) is 0 Å². The van der Waals surface area contributed by atoms with Crippen molar-refractivity contribution in [1.29, 1.82) is 0 Å². The average molecular weight is 286 g/mol. The summed E-state index contributed by atoms with van der Waals surface area (Å²) in [4.78, 5) is 0. The minimum absolute atomic E-state index is 0.531. The van der Waals surface area contributed by atoms with Gasteiger partial charge in [0.15, 0.2) is 0 Å². The molecular formula is C15H30O3Si. The van der Waals surface area contributed by atoms with Gasteiger partial charge in [0, 0.05) is 25.4 Å². The van der Waals surface area contributed by atoms with Crippen molar-refractivity contribution in [2.24, 2.45) is 23.7 Å². The molecule has 5 atom stereocenters. The molecule has 2 bridgehead atoms. The summed E-state index contributed by atoms with van der Waals surface area (Å²) in [5.41, 5.74) is 0.531. The first-order chi connectivity index (χ1) is 9.09. The fourth-order valence-electron chi connectivity index (χ4n) is 4.40. The normalized spacial score (nSPS) is 38.1. The van der Waals surface area contributed by atoms with Gasteiger partial charge in [0.1, 0.15) is 0 Å². The van der Waals surface area contributed by atoms with Gasteiger partial charge in [-0.3, -0.25) is 0 Å². The van der Waals surface area contributed by atoms with Crippen LogP contribution in [0.25, 0.3) is 0 Å². The van der Waals surface area contributed by atoms with Gasteiger partial charge in [0.25, 0.3) is 0 Å². The zero-order chi connectivity index (χ0) is 14.0. The first-order valence-electron chi connectivity index (χ1n) is 8.01. The Hall–Kier alpha value is 0.0969. The minimum Gasteiger partial charge on any atom is -0.374 e. The molecule has 2 saturated carbocycles. The summed E-state index contributed by atoms with van der Waals surface area (Å²) in [5, 5.41) is 0. The molecule has 0 aliphatic heterocycles. The van der Waals surface area contributed by atoms with Gasteiger partial charge in [0.05, 0.1) is 0 Å². The van der Waals surface area contributed by atoms with Crippen molar-refractivity contribution in [3.05, 3.63) is 0 Å². The van der Waals surface area contributed by atoms with Gasteiger partial charge in [-0.25, -0.2) is 0 Å². The van der Waals surface area contributed by atoms with Gasteiger partial charge in [-0.2, -0.15) is 0 Å². The molecule has 2 fully saturated rings. The molecule has 0 radical (unpaired) electrons. The summed E-state index contributed by atoms with van der Waals surface area (Å²) in [7, 11) is -2.49. The molecule has 19 heavy (non-hydrogen) atoms. The Morgan fingerprint density at radius 1 is 0.842 bits per heavy atom. The summed E-state index contributed by atoms with van der Waals surface area (Å²) in [5.74, 6) is 3.25. The molecular weight excluding hydrogens is 256 g/mol. The van der Waals surface area contributed by atoms with Crippen molar-refractivity contribution in [1.82, 2.24) is 0 Å². The van der Waals surface area contributed by atoms with Gasteiger partial charge in [0.2, 0.25) is 0 Å². The lowest BCUT2D eigenvalue weighted by Gasteiger charge is -2.40. The summed E-state index contributed by atoms with van der Waals surface area (Å²) in [6.07, 6.45) is 2.61. The molecule has 2 aliphatic carbocycles. The van der Waals surface area contributed by atoms with Gasteiger partial charge in [-0.05, 0) is 57.3 Å². The number of hydrogen-bond donors (Lipinski definition) is 0. The van der Waals surface area contributed by atoms with E-state index in [4.69, 9.17) is 13.3 Å². The monoisotopic (exact) mass is 286 g/mol. The van der Waals surface area contributed by atoms with E-state index < -0.39 is 8.80 Å². The van der Waals surface area contributed by atoms with Crippen LogP contribution in [0.1, 0.15) is 47.5 Å². The van der Waals surface area contributed by atoms with Gasteiger partial charge < -0.3 is 13.3 Å². The highest BCUT2D eigenvalue weighted by Crippen LogP contribution is 2.60. The average Bonchev–Trinajstić information content (AvgIpc) is 2.92. The highest BCUT2D eigenvalue weighted by Gasteiger charge is 2.61. The molecule has 5 unspecified atom stereocenters. The van der Waals surface area contributed by atoms with E-state index in [1.807, 2.05) is 0 Å². The van der Waals surface area contributed by atoms with Gasteiger partial charge >= 0.3 is 8.80 Å². The van der Waals surface area contributed by atoms with Crippen LogP contribution in [0.3, 0.4) is 0 Å². The standard InChI is InChI=1S/C15H30O3Si/c1-6-16-19(17-7-2,18-8-3)15-10-13-9-14(15)12(5)11(13)4/h11-15H,6-10H2,1-5H3. The first kappa shape index (κ1) is 15.5. The lowest BCUT2D eigenvalue weighted by molar-refractivity contribution is 0.0467. The fourth-order valence-corrected chi connectivity index (χ4v) is 8.05. The molecule has 0 amide bonds. The molecule has 0 spiro atoms. The molecule has 0 heterocycles. The predicted molar refractivity (Wildman–Crippen MR) is 78.9 cm³/mol. The van der Waals surface area contributed by atoms with E-state index in [9.17, 15) is 0 Å². The third kappa shape index (κ3) is 2.65. The molecule has 4 heteroatoms. The van der Waals surface area contributed by atoms with Crippen LogP contribution in [0, 0.1) is 23.7 Å². The maximum Gasteiger partial charge on any atom is 0.504 e. The number of rotatable bonds is 7. The van der Waals surface area contributed by atoms with E-state index in [-0.39, 0.29) is 0 Å². The van der Waals surface area contributed by atoms with E-state index >= 15 is 0 Å². The molecule has 0 N–H and O–H groups in total. The van der Waals surface area contributed by atoms with E-state index in [0.717, 1.165) is 23.7 Å². The molecule has 0 saturated heterocycles. The summed E-state index contributed by atoms with van der Waals surface area (Å²) in [6.45, 7) is 13.1. The van der Waals surface area contributed by atoms with Crippen molar-refractivity contribution in [2.45, 2.75) is 53.0 Å². The Kier molecular flexibility index (Phi) is 5.09. The highest BCUT2D eigenvalue weighted by atomic mass is 28.4. The van der Waals surface area contributed by atoms with Gasteiger partial charge in [-0.1, -0.05) is 13.8 Å². The Morgan fingerprint density at radius 2 is 1.37 bits per heavy atom. The third-order valence-electron chi connectivity index (χ3n) is 5.39. The smallest absolute Gasteiger partial charge is 0.374 e. The van der Waals surface area contributed by atoms with Crippen LogP contribution < -0.4 is 0 Å². The van der Waals surface area contributed by atoms with Gasteiger partial charge in [-0.15, -0.1) is 0 Å². The summed E-state index contributed by atoms with van der Waals surface area (Å²) >= 11 is 0. The molecule has 3 nitrogen and oxygen atoms in total. The fraction of sp³-hybridized carbons (Fsp3) is 1.00. The molecule has 0 aromatic carbocycles. The molecule has 2 aliphatic rings. The second-order valence-electron chi connectivity index (χ2n) is 6.12. The van der Waals surface area contributed by atoms with E-state index in [1.165, 1.54) is 12.8 Å². The second-order valence-corrected chi connectivity index (χ2v) is 8.94. The van der Waals surface area contributed by atoms with E-state index in [0.29, 0.717) is 25.4 Å². The van der Waals surface area contributed by atoms with Crippen molar-refractivity contribution >= 4 is 8.80 Å². The molecule has 0 aromatic heterocycles. The largest absolute Gasteiger partial charge is 0.504 e. The molecule has 0 aromatic rings. The zero-order valence-corrected chi connectivity index (χ0v) is 14.1. The van der Waals surface area contributed by atoms with Crippen molar-refractivity contribution in [3.63, 3.8) is 0 Å². The lowest BCUT2D eigenvalue weighted by Crippen LogP contribution is -2.53. The SMILES string of the molecule is CCO[Si](OCC)(OCC)C1CC2CC1C(C)C2C. The van der Waals surface area contributed by atoms with Crippen LogP contribution >= 0.6 is 0 Å². The highest BCUT2D eigenvalue weighted by molar-refractivity contribution is 6.62. The van der Waals surface area contributed by atoms with Crippen LogP contribution in [0.5, 0.6) is 0 Å². The summed E-state index contributed by atoms with van der Waals surface area (Å²) in [6, 6.07) is 0. The van der Waals surface area contributed by atoms with E-state index in [1.54, 1.807) is 0 Å². The minimum atomic E-state index is -2.49. The maximum absolute atomic E-state index is 6.13. The van der Waals surface area contributed by atoms with Crippen molar-refractivity contribution in [3.8, 4) is 0 Å². The quantitative estimate of drug-likeness (QED) is 0.668. The molecule has 2 rings (SSSR count). The topological polar surface area (TPSA) is 27.7 Å². The Bertz CT molecular complexity index is 278. The van der Waals surface area contributed by atoms with Crippen LogP contribution in [-0.4, -0.2) is 28.6 Å².